The molecule has 1 aromatic heterocycles. The molecule has 2 fully saturated rings. The van der Waals surface area contributed by atoms with E-state index in [1.54, 1.807) is 37.6 Å². The van der Waals surface area contributed by atoms with Gasteiger partial charge >= 0.3 is 6.03 Å². The van der Waals surface area contributed by atoms with Gasteiger partial charge < -0.3 is 20.3 Å². The van der Waals surface area contributed by atoms with Crippen molar-refractivity contribution in [1.82, 2.24) is 15.2 Å². The number of nitriles is 1. The van der Waals surface area contributed by atoms with Crippen LogP contribution in [0.15, 0.2) is 42.6 Å². The zero-order valence-corrected chi connectivity index (χ0v) is 18.2. The Kier molecular flexibility index (Phi) is 6.30. The van der Waals surface area contributed by atoms with Gasteiger partial charge in [0, 0.05) is 48.0 Å². The number of nitrogens with zero attached hydrogens (tertiary/aromatic N) is 3. The zero-order chi connectivity index (χ0) is 21.8. The third kappa shape index (κ3) is 5.27. The second-order valence-electron chi connectivity index (χ2n) is 8.36. The standard InChI is InChI=1S/C23H26ClN5O2/c1-31-18-6-7-20(26-12-18)19-13-29(15-23(14-25)9-10-23)11-8-21(19)28-22(30)27-17-4-2-16(24)3-5-17/h2-7,12,19,21H,8-11,13,15H2,1H3,(H2,27,28,30)/t19-,21+/m0/s1. The smallest absolute Gasteiger partial charge is 0.319 e. The average Bonchev–Trinajstić information content (AvgIpc) is 3.56. The number of hydrogen-bond acceptors (Lipinski definition) is 5. The molecule has 1 aliphatic carbocycles. The van der Waals surface area contributed by atoms with Crippen molar-refractivity contribution in [2.45, 2.75) is 31.2 Å². The Labute approximate surface area is 187 Å². The molecular weight excluding hydrogens is 414 g/mol. The third-order valence-corrected chi connectivity index (χ3v) is 6.36. The molecule has 0 radical (unpaired) electrons. The number of hydrogen-bond donors (Lipinski definition) is 2. The van der Waals surface area contributed by atoms with Crippen LogP contribution >= 0.6 is 11.6 Å². The molecule has 162 valence electrons. The Morgan fingerprint density at radius 3 is 2.71 bits per heavy atom. The number of likely N-dealkylation sites (tertiary alicyclic amines) is 1. The molecule has 0 spiro atoms. The summed E-state index contributed by atoms with van der Waals surface area (Å²) in [6.07, 6.45) is 4.43. The molecule has 31 heavy (non-hydrogen) atoms. The number of carbonyl (C=O) groups excluding carboxylic acids is 1. The number of anilines is 1. The Morgan fingerprint density at radius 2 is 2.10 bits per heavy atom. The lowest BCUT2D eigenvalue weighted by molar-refractivity contribution is 0.157. The van der Waals surface area contributed by atoms with Crippen LogP contribution in [-0.2, 0) is 0 Å². The monoisotopic (exact) mass is 439 g/mol. The van der Waals surface area contributed by atoms with E-state index in [0.29, 0.717) is 16.5 Å². The number of ether oxygens (including phenoxy) is 1. The molecule has 7 nitrogen and oxygen atoms in total. The fourth-order valence-corrected chi connectivity index (χ4v) is 4.25. The van der Waals surface area contributed by atoms with Crippen LogP contribution in [0.25, 0.3) is 0 Å². The van der Waals surface area contributed by atoms with Crippen molar-refractivity contribution in [3.8, 4) is 11.8 Å². The van der Waals surface area contributed by atoms with E-state index in [1.165, 1.54) is 0 Å². The minimum Gasteiger partial charge on any atom is -0.495 e. The number of methoxy groups -OCH3 is 1. The minimum absolute atomic E-state index is 0.0186. The predicted molar refractivity (Wildman–Crippen MR) is 119 cm³/mol. The van der Waals surface area contributed by atoms with Gasteiger partial charge in [-0.15, -0.1) is 0 Å². The maximum absolute atomic E-state index is 12.7. The van der Waals surface area contributed by atoms with E-state index >= 15 is 0 Å². The summed E-state index contributed by atoms with van der Waals surface area (Å²) in [6, 6.07) is 13.0. The summed E-state index contributed by atoms with van der Waals surface area (Å²) in [4.78, 5) is 19.6. The van der Waals surface area contributed by atoms with E-state index in [2.05, 4.69) is 26.6 Å². The molecule has 2 atom stereocenters. The van der Waals surface area contributed by atoms with Crippen LogP contribution in [0.2, 0.25) is 5.02 Å². The number of amides is 2. The van der Waals surface area contributed by atoms with Crippen LogP contribution in [0.5, 0.6) is 5.75 Å². The first-order valence-corrected chi connectivity index (χ1v) is 10.8. The summed E-state index contributed by atoms with van der Waals surface area (Å²) in [5.74, 6) is 0.716. The lowest BCUT2D eigenvalue weighted by atomic mass is 9.88. The summed E-state index contributed by atoms with van der Waals surface area (Å²) in [5, 5.41) is 16.1. The van der Waals surface area contributed by atoms with Crippen LogP contribution in [0.3, 0.4) is 0 Å². The SMILES string of the molecule is COc1ccc([C@@H]2CN(CC3(C#N)CC3)CC[C@H]2NC(=O)Nc2ccc(Cl)cc2)nc1. The number of urea groups is 1. The van der Waals surface area contributed by atoms with E-state index < -0.39 is 0 Å². The molecule has 2 heterocycles. The molecule has 1 aliphatic heterocycles. The number of pyridine rings is 1. The van der Waals surface area contributed by atoms with E-state index in [-0.39, 0.29) is 23.4 Å². The first-order valence-electron chi connectivity index (χ1n) is 10.5. The average molecular weight is 440 g/mol. The molecule has 0 unspecified atom stereocenters. The second-order valence-corrected chi connectivity index (χ2v) is 8.79. The van der Waals surface area contributed by atoms with Gasteiger partial charge in [-0.3, -0.25) is 4.98 Å². The highest BCUT2D eigenvalue weighted by atomic mass is 35.5. The first kappa shape index (κ1) is 21.4. The normalized spacial score (nSPS) is 22.2. The van der Waals surface area contributed by atoms with Gasteiger partial charge in [0.2, 0.25) is 0 Å². The Balaban J connectivity index is 1.46. The Morgan fingerprint density at radius 1 is 1.32 bits per heavy atom. The maximum Gasteiger partial charge on any atom is 0.319 e. The van der Waals surface area contributed by atoms with Crippen LogP contribution in [0.1, 0.15) is 30.9 Å². The highest BCUT2D eigenvalue weighted by Crippen LogP contribution is 2.46. The van der Waals surface area contributed by atoms with Gasteiger partial charge in [-0.25, -0.2) is 4.79 Å². The number of nitrogens with one attached hydrogen (secondary N) is 2. The highest BCUT2D eigenvalue weighted by Gasteiger charge is 2.46. The number of benzene rings is 1. The van der Waals surface area contributed by atoms with Crippen molar-refractivity contribution < 1.29 is 9.53 Å². The van der Waals surface area contributed by atoms with Crippen molar-refractivity contribution in [1.29, 1.82) is 5.26 Å². The van der Waals surface area contributed by atoms with Crippen molar-refractivity contribution in [3.05, 3.63) is 53.3 Å². The van der Waals surface area contributed by atoms with Gasteiger partial charge in [0.05, 0.1) is 24.8 Å². The van der Waals surface area contributed by atoms with E-state index in [0.717, 1.165) is 44.6 Å². The predicted octanol–water partition coefficient (Wildman–Crippen LogP) is 4.03. The Bertz CT molecular complexity index is 953. The molecular formula is C23H26ClN5O2. The fourth-order valence-electron chi connectivity index (χ4n) is 4.12. The number of aromatic nitrogens is 1. The molecule has 2 aromatic rings. The molecule has 1 aromatic carbocycles. The van der Waals surface area contributed by atoms with Crippen LogP contribution < -0.4 is 15.4 Å². The third-order valence-electron chi connectivity index (χ3n) is 6.11. The molecule has 1 saturated heterocycles. The van der Waals surface area contributed by atoms with Gasteiger partial charge in [0.15, 0.2) is 0 Å². The topological polar surface area (TPSA) is 90.3 Å². The van der Waals surface area contributed by atoms with Gasteiger partial charge in [0.25, 0.3) is 0 Å². The summed E-state index contributed by atoms with van der Waals surface area (Å²) < 4.78 is 5.23. The van der Waals surface area contributed by atoms with E-state index in [9.17, 15) is 10.1 Å². The van der Waals surface area contributed by atoms with E-state index in [1.807, 2.05) is 12.1 Å². The summed E-state index contributed by atoms with van der Waals surface area (Å²) in [6.45, 7) is 2.36. The molecule has 0 bridgehead atoms. The van der Waals surface area contributed by atoms with Crippen molar-refractivity contribution in [2.24, 2.45) is 5.41 Å². The van der Waals surface area contributed by atoms with Gasteiger partial charge in [-0.1, -0.05) is 11.6 Å². The zero-order valence-electron chi connectivity index (χ0n) is 17.5. The Hall–Kier alpha value is -2.82. The quantitative estimate of drug-likeness (QED) is 0.709. The fraction of sp³-hybridized carbons (Fsp3) is 0.435. The minimum atomic E-state index is -0.255. The molecule has 2 N–H and O–H groups in total. The molecule has 2 amide bonds. The largest absolute Gasteiger partial charge is 0.495 e. The lowest BCUT2D eigenvalue weighted by Gasteiger charge is -2.39. The van der Waals surface area contributed by atoms with Crippen LogP contribution in [-0.4, -0.2) is 48.7 Å². The number of carbonyl (C=O) groups is 1. The van der Waals surface area contributed by atoms with Gasteiger partial charge in [0.1, 0.15) is 5.75 Å². The molecule has 8 heteroatoms. The number of halogens is 1. The second kappa shape index (κ2) is 9.13. The summed E-state index contributed by atoms with van der Waals surface area (Å²) >= 11 is 5.92. The van der Waals surface area contributed by atoms with Crippen LogP contribution in [0, 0.1) is 16.7 Å². The molecule has 1 saturated carbocycles. The van der Waals surface area contributed by atoms with Gasteiger partial charge in [-0.05, 0) is 55.7 Å². The van der Waals surface area contributed by atoms with Crippen LogP contribution in [0.4, 0.5) is 10.5 Å². The maximum atomic E-state index is 12.7. The van der Waals surface area contributed by atoms with Crippen molar-refractivity contribution in [2.75, 3.05) is 32.1 Å². The summed E-state index contributed by atoms with van der Waals surface area (Å²) in [5.41, 5.74) is 1.40. The molecule has 4 rings (SSSR count). The number of piperidine rings is 1. The van der Waals surface area contributed by atoms with E-state index in [4.69, 9.17) is 16.3 Å². The highest BCUT2D eigenvalue weighted by molar-refractivity contribution is 6.30. The molecule has 2 aliphatic rings. The van der Waals surface area contributed by atoms with Gasteiger partial charge in [-0.2, -0.15) is 5.26 Å². The van der Waals surface area contributed by atoms with Crippen molar-refractivity contribution >= 4 is 23.3 Å². The lowest BCUT2D eigenvalue weighted by Crippen LogP contribution is -2.51. The summed E-state index contributed by atoms with van der Waals surface area (Å²) in [7, 11) is 1.61. The number of rotatable bonds is 6. The van der Waals surface area contributed by atoms with Crippen molar-refractivity contribution in [3.63, 3.8) is 0 Å². The first-order chi connectivity index (χ1) is 15.0.